The normalized spacial score (nSPS) is 9.52. The molecule has 0 saturated heterocycles. The Morgan fingerprint density at radius 1 is 1.33 bits per heavy atom. The molecule has 0 fully saturated rings. The predicted octanol–water partition coefficient (Wildman–Crippen LogP) is 3.71. The van der Waals surface area contributed by atoms with Crippen molar-refractivity contribution in [3.05, 3.63) is 41.2 Å². The van der Waals surface area contributed by atoms with E-state index in [0.717, 1.165) is 0 Å². The van der Waals surface area contributed by atoms with Gasteiger partial charge in [-0.3, -0.25) is 0 Å². The van der Waals surface area contributed by atoms with Crippen LogP contribution in [-0.4, -0.2) is 27.7 Å². The monoisotopic (exact) mass is 308 g/mol. The number of esters is 1. The minimum absolute atomic E-state index is 0.00768. The molecule has 0 amide bonds. The van der Waals surface area contributed by atoms with Crippen molar-refractivity contribution in [3.8, 4) is 17.1 Å². The molecule has 0 spiro atoms. The molecule has 5 nitrogen and oxygen atoms in total. The van der Waals surface area contributed by atoms with E-state index in [1.54, 1.807) is 25.1 Å². The van der Waals surface area contributed by atoms with Gasteiger partial charge in [-0.25, -0.2) is 14.8 Å². The van der Waals surface area contributed by atoms with E-state index in [4.69, 9.17) is 16.3 Å². The molecule has 6 heteroatoms. The lowest BCUT2D eigenvalue weighted by Crippen LogP contribution is -2.07. The Morgan fingerprint density at radius 2 is 2.00 bits per heavy atom. The molecule has 2 rings (SSSR count). The van der Waals surface area contributed by atoms with E-state index in [2.05, 4.69) is 9.97 Å². The molecule has 0 aliphatic carbocycles. The number of rotatable bonds is 3. The topological polar surface area (TPSA) is 72.3 Å². The number of nitrogens with zero attached hydrogens (tertiary/aromatic N) is 2. The molecule has 1 aromatic heterocycles. The highest BCUT2D eigenvalue weighted by atomic mass is 35.5. The minimum atomic E-state index is -0.573. The first-order chi connectivity index (χ1) is 10.1. The summed E-state index contributed by atoms with van der Waals surface area (Å²) in [6.07, 6.45) is 1.29. The van der Waals surface area contributed by atoms with Crippen molar-refractivity contribution < 1.29 is 14.6 Å². The van der Waals surface area contributed by atoms with Crippen LogP contribution in [0.5, 0.6) is 5.75 Å². The summed E-state index contributed by atoms with van der Waals surface area (Å²) in [5, 5.41) is 9.70. The van der Waals surface area contributed by atoms with Crippen LogP contribution in [-0.2, 0) is 4.74 Å². The number of hydrogen-bond acceptors (Lipinski definition) is 5. The Bertz CT molecular complexity index is 618. The second-order valence-corrected chi connectivity index (χ2v) is 3.99. The van der Waals surface area contributed by atoms with Gasteiger partial charge in [0, 0.05) is 6.20 Å². The molecule has 0 atom stereocenters. The van der Waals surface area contributed by atoms with Crippen molar-refractivity contribution in [2.75, 3.05) is 6.61 Å². The summed E-state index contributed by atoms with van der Waals surface area (Å²) in [6.45, 7) is 5.94. The first-order valence-electron chi connectivity index (χ1n) is 6.61. The van der Waals surface area contributed by atoms with Crippen LogP contribution in [0, 0.1) is 0 Å². The number of hydrogen-bond donors (Lipinski definition) is 1. The molecule has 0 unspecified atom stereocenters. The zero-order chi connectivity index (χ0) is 15.8. The van der Waals surface area contributed by atoms with Crippen molar-refractivity contribution in [1.29, 1.82) is 0 Å². The number of aromatic hydroxyl groups is 1. The van der Waals surface area contributed by atoms with Crippen LogP contribution >= 0.6 is 11.6 Å². The summed E-state index contributed by atoms with van der Waals surface area (Å²) in [6, 6.07) is 6.61. The number of halogens is 1. The molecule has 1 aromatic carbocycles. The van der Waals surface area contributed by atoms with Crippen molar-refractivity contribution in [2.45, 2.75) is 20.8 Å². The Balaban J connectivity index is 0.00000106. The molecule has 0 saturated carbocycles. The zero-order valence-corrected chi connectivity index (χ0v) is 12.9. The zero-order valence-electron chi connectivity index (χ0n) is 12.1. The van der Waals surface area contributed by atoms with Gasteiger partial charge in [-0.2, -0.15) is 0 Å². The van der Waals surface area contributed by atoms with E-state index >= 15 is 0 Å². The largest absolute Gasteiger partial charge is 0.507 e. The molecular weight excluding hydrogens is 292 g/mol. The molecule has 21 heavy (non-hydrogen) atoms. The fourth-order valence-electron chi connectivity index (χ4n) is 1.50. The third-order valence-electron chi connectivity index (χ3n) is 2.38. The fraction of sp³-hybridized carbons (Fsp3) is 0.267. The second kappa shape index (κ2) is 8.21. The van der Waals surface area contributed by atoms with Crippen LogP contribution in [0.25, 0.3) is 11.4 Å². The summed E-state index contributed by atoms with van der Waals surface area (Å²) in [5.41, 5.74) is 0.544. The van der Waals surface area contributed by atoms with E-state index in [1.165, 1.54) is 12.3 Å². The number of ether oxygens (including phenoxy) is 1. The Kier molecular flexibility index (Phi) is 6.62. The van der Waals surface area contributed by atoms with Crippen molar-refractivity contribution in [3.63, 3.8) is 0 Å². The van der Waals surface area contributed by atoms with Crippen LogP contribution in [0.2, 0.25) is 5.15 Å². The van der Waals surface area contributed by atoms with Gasteiger partial charge in [-0.1, -0.05) is 37.6 Å². The van der Waals surface area contributed by atoms with Gasteiger partial charge in [-0.05, 0) is 19.1 Å². The number of para-hydroxylation sites is 1. The lowest BCUT2D eigenvalue weighted by atomic mass is 10.2. The average molecular weight is 309 g/mol. The van der Waals surface area contributed by atoms with Crippen molar-refractivity contribution >= 4 is 17.6 Å². The maximum Gasteiger partial charge on any atom is 0.342 e. The average Bonchev–Trinajstić information content (AvgIpc) is 2.50. The third kappa shape index (κ3) is 4.16. The van der Waals surface area contributed by atoms with E-state index in [0.29, 0.717) is 5.56 Å². The number of phenols is 1. The Labute approximate surface area is 128 Å². The molecule has 0 bridgehead atoms. The van der Waals surface area contributed by atoms with E-state index in [9.17, 15) is 9.90 Å². The minimum Gasteiger partial charge on any atom is -0.507 e. The van der Waals surface area contributed by atoms with Gasteiger partial charge in [0.1, 0.15) is 16.5 Å². The van der Waals surface area contributed by atoms with Crippen LogP contribution in [0.15, 0.2) is 30.5 Å². The molecule has 1 N–H and O–H groups in total. The Hall–Kier alpha value is -2.14. The number of aromatic nitrogens is 2. The summed E-state index contributed by atoms with van der Waals surface area (Å²) in [7, 11) is 0. The predicted molar refractivity (Wildman–Crippen MR) is 81.4 cm³/mol. The first kappa shape index (κ1) is 16.9. The number of carbonyl (C=O) groups is 1. The quantitative estimate of drug-likeness (QED) is 0.691. The van der Waals surface area contributed by atoms with Crippen LogP contribution in [0.3, 0.4) is 0 Å². The summed E-state index contributed by atoms with van der Waals surface area (Å²) >= 11 is 5.93. The highest BCUT2D eigenvalue weighted by molar-refractivity contribution is 6.32. The molecule has 0 aliphatic heterocycles. The molecular formula is C15H17ClN2O3. The third-order valence-corrected chi connectivity index (χ3v) is 2.67. The van der Waals surface area contributed by atoms with E-state index < -0.39 is 5.97 Å². The first-order valence-corrected chi connectivity index (χ1v) is 6.99. The summed E-state index contributed by atoms with van der Waals surface area (Å²) in [4.78, 5) is 19.6. The number of phenolic OH excluding ortho intramolecular Hbond substituents is 1. The highest BCUT2D eigenvalue weighted by Crippen LogP contribution is 2.27. The van der Waals surface area contributed by atoms with Gasteiger partial charge in [0.15, 0.2) is 5.82 Å². The van der Waals surface area contributed by atoms with Crippen molar-refractivity contribution in [1.82, 2.24) is 9.97 Å². The molecule has 2 aromatic rings. The van der Waals surface area contributed by atoms with Gasteiger partial charge in [0.25, 0.3) is 0 Å². The van der Waals surface area contributed by atoms with E-state index in [1.807, 2.05) is 13.8 Å². The second-order valence-electron chi connectivity index (χ2n) is 3.64. The van der Waals surface area contributed by atoms with Crippen molar-refractivity contribution in [2.24, 2.45) is 0 Å². The molecule has 0 aliphatic rings. The number of benzene rings is 1. The van der Waals surface area contributed by atoms with Crippen LogP contribution in [0.4, 0.5) is 0 Å². The molecule has 112 valence electrons. The van der Waals surface area contributed by atoms with Gasteiger partial charge in [0.05, 0.1) is 12.2 Å². The number of carbonyl (C=O) groups excluding carboxylic acids is 1. The molecule has 1 heterocycles. The maximum atomic E-state index is 11.5. The summed E-state index contributed by atoms with van der Waals surface area (Å²) < 4.78 is 4.83. The molecule has 0 radical (unpaired) electrons. The van der Waals surface area contributed by atoms with E-state index in [-0.39, 0.29) is 28.9 Å². The van der Waals surface area contributed by atoms with Gasteiger partial charge in [-0.15, -0.1) is 0 Å². The van der Waals surface area contributed by atoms with Crippen LogP contribution < -0.4 is 0 Å². The smallest absolute Gasteiger partial charge is 0.342 e. The standard InChI is InChI=1S/C13H11ClN2O3.C2H6/c1-2-19-13(18)9-7-15-12(16-11(9)14)8-5-3-4-6-10(8)17;1-2/h3-7,17H,2H2,1H3;1-2H3. The lowest BCUT2D eigenvalue weighted by Gasteiger charge is -2.06. The fourth-order valence-corrected chi connectivity index (χ4v) is 1.71. The maximum absolute atomic E-state index is 11.5. The van der Waals surface area contributed by atoms with Gasteiger partial charge >= 0.3 is 5.97 Å². The van der Waals surface area contributed by atoms with Gasteiger partial charge in [0.2, 0.25) is 0 Å². The van der Waals surface area contributed by atoms with Gasteiger partial charge < -0.3 is 9.84 Å². The lowest BCUT2D eigenvalue weighted by molar-refractivity contribution is 0.0525. The summed E-state index contributed by atoms with van der Waals surface area (Å²) in [5.74, 6) is -0.282. The van der Waals surface area contributed by atoms with Crippen LogP contribution in [0.1, 0.15) is 31.1 Å². The SMILES string of the molecule is CC.CCOC(=O)c1cnc(-c2ccccc2O)nc1Cl. The Morgan fingerprint density at radius 3 is 2.57 bits per heavy atom. The highest BCUT2D eigenvalue weighted by Gasteiger charge is 2.15.